The minimum atomic E-state index is -2.99. The molecule has 174 valence electrons. The highest BCUT2D eigenvalue weighted by molar-refractivity contribution is 7.92. The second-order valence-corrected chi connectivity index (χ2v) is 9.96. The van der Waals surface area contributed by atoms with Crippen LogP contribution in [0.2, 0.25) is 0 Å². The number of hydrogen-bond acceptors (Lipinski definition) is 7. The number of aryl methyl sites for hydroxylation is 1. The molecule has 9 nitrogen and oxygen atoms in total. The maximum Gasteiger partial charge on any atom is 0.321 e. The first kappa shape index (κ1) is 23.8. The Labute approximate surface area is 190 Å². The number of nitrogens with zero attached hydrogens (tertiary/aromatic N) is 3. The summed E-state index contributed by atoms with van der Waals surface area (Å²) >= 11 is 0. The zero-order valence-electron chi connectivity index (χ0n) is 19.0. The molecule has 2 aliphatic rings. The number of urea groups is 1. The number of hydrogen-bond donors (Lipinski definition) is 4. The fourth-order valence-corrected chi connectivity index (χ4v) is 5.10. The molecule has 0 aliphatic carbocycles. The summed E-state index contributed by atoms with van der Waals surface area (Å²) < 4.78 is 21.6. The highest BCUT2D eigenvalue weighted by atomic mass is 32.2. The molecule has 4 bridgehead atoms. The molecule has 4 N–H and O–H groups in total. The Morgan fingerprint density at radius 2 is 1.91 bits per heavy atom. The van der Waals surface area contributed by atoms with Crippen molar-refractivity contribution in [1.82, 2.24) is 14.9 Å². The Bertz CT molecular complexity index is 1050. The van der Waals surface area contributed by atoms with Gasteiger partial charge in [0.15, 0.2) is 0 Å². The summed E-state index contributed by atoms with van der Waals surface area (Å²) in [5.41, 5.74) is 2.03. The van der Waals surface area contributed by atoms with Crippen molar-refractivity contribution in [3.63, 3.8) is 0 Å². The van der Waals surface area contributed by atoms with Crippen molar-refractivity contribution in [3.05, 3.63) is 30.0 Å². The van der Waals surface area contributed by atoms with Gasteiger partial charge in [0.1, 0.15) is 5.82 Å². The lowest BCUT2D eigenvalue weighted by Gasteiger charge is -2.18. The maximum absolute atomic E-state index is 13.1. The first-order chi connectivity index (χ1) is 15.4. The number of nitrogens with one attached hydrogen (secondary N) is 4. The molecule has 4 rings (SSSR count). The van der Waals surface area contributed by atoms with Crippen molar-refractivity contribution in [1.29, 1.82) is 4.78 Å². The standard InChI is InChI=1S/C20H27N7O2S.C2H6/c1-14-13-23-19-24-15-10-16(25-20(28)27-7-3-4-8-27)12-17(11-15)30(21,29)9-5-2-6-22-18(14)26-19;1-2/h10-13,21H,2-9H2,1H3,(H,25,28)(H2,22,23,24,26);1-2H3. The molecule has 1 aromatic heterocycles. The van der Waals surface area contributed by atoms with E-state index in [0.29, 0.717) is 35.2 Å². The number of amides is 2. The second-order valence-electron chi connectivity index (χ2n) is 7.73. The van der Waals surface area contributed by atoms with Crippen LogP contribution in [-0.4, -0.2) is 50.5 Å². The fourth-order valence-electron chi connectivity index (χ4n) is 3.62. The average Bonchev–Trinajstić information content (AvgIpc) is 3.31. The van der Waals surface area contributed by atoms with E-state index >= 15 is 0 Å². The molecule has 1 unspecified atom stereocenters. The van der Waals surface area contributed by atoms with Crippen molar-refractivity contribution >= 4 is 38.9 Å². The number of anilines is 4. The largest absolute Gasteiger partial charge is 0.370 e. The molecule has 0 radical (unpaired) electrons. The summed E-state index contributed by atoms with van der Waals surface area (Å²) in [5.74, 6) is 1.41. The van der Waals surface area contributed by atoms with Crippen LogP contribution in [0.5, 0.6) is 0 Å². The van der Waals surface area contributed by atoms with Crippen LogP contribution in [0.1, 0.15) is 45.1 Å². The van der Waals surface area contributed by atoms with Gasteiger partial charge < -0.3 is 20.9 Å². The molecule has 1 saturated heterocycles. The van der Waals surface area contributed by atoms with Gasteiger partial charge in [0.2, 0.25) is 5.95 Å². The molecule has 10 heteroatoms. The van der Waals surface area contributed by atoms with Crippen LogP contribution < -0.4 is 16.0 Å². The molecule has 0 spiro atoms. The average molecular weight is 460 g/mol. The van der Waals surface area contributed by atoms with Gasteiger partial charge in [-0.05, 0) is 50.8 Å². The van der Waals surface area contributed by atoms with Gasteiger partial charge in [0.05, 0.1) is 14.6 Å². The predicted molar refractivity (Wildman–Crippen MR) is 129 cm³/mol. The lowest BCUT2D eigenvalue weighted by Crippen LogP contribution is -2.32. The highest BCUT2D eigenvalue weighted by Crippen LogP contribution is 2.27. The van der Waals surface area contributed by atoms with Gasteiger partial charge >= 0.3 is 6.03 Å². The van der Waals surface area contributed by atoms with Gasteiger partial charge in [-0.2, -0.15) is 4.98 Å². The summed E-state index contributed by atoms with van der Waals surface area (Å²) in [7, 11) is -2.99. The summed E-state index contributed by atoms with van der Waals surface area (Å²) in [6.45, 7) is 8.09. The van der Waals surface area contributed by atoms with Gasteiger partial charge in [-0.15, -0.1) is 0 Å². The van der Waals surface area contributed by atoms with E-state index in [1.54, 1.807) is 29.3 Å². The van der Waals surface area contributed by atoms with E-state index in [0.717, 1.165) is 43.7 Å². The van der Waals surface area contributed by atoms with E-state index in [9.17, 15) is 9.00 Å². The number of carbonyl (C=O) groups is 1. The zero-order chi connectivity index (χ0) is 23.1. The Morgan fingerprint density at radius 3 is 2.66 bits per heavy atom. The number of benzene rings is 1. The Hall–Kier alpha value is -2.88. The van der Waals surface area contributed by atoms with Crippen molar-refractivity contribution in [2.75, 3.05) is 41.3 Å². The van der Waals surface area contributed by atoms with Gasteiger partial charge in [-0.1, -0.05) is 13.8 Å². The number of fused-ring (bicyclic) bond motifs is 4. The SMILES string of the molecule is CC.Cc1cnc2nc1NCCCCS(=N)(=O)c1cc(NC(=O)N3CCCC3)cc(c1)N2. The molecule has 2 aromatic rings. The summed E-state index contributed by atoms with van der Waals surface area (Å²) in [4.78, 5) is 23.6. The molecule has 1 fully saturated rings. The van der Waals surface area contributed by atoms with Crippen LogP contribution in [-0.2, 0) is 9.73 Å². The molecule has 32 heavy (non-hydrogen) atoms. The van der Waals surface area contributed by atoms with Crippen LogP contribution in [0.4, 0.5) is 27.9 Å². The quantitative estimate of drug-likeness (QED) is 0.486. The Morgan fingerprint density at radius 1 is 1.16 bits per heavy atom. The molecule has 2 amide bonds. The van der Waals surface area contributed by atoms with Crippen LogP contribution in [0.15, 0.2) is 29.3 Å². The third kappa shape index (κ3) is 5.87. The van der Waals surface area contributed by atoms with Crippen molar-refractivity contribution in [2.45, 2.75) is 51.3 Å². The molecular formula is C22H33N7O2S. The third-order valence-corrected chi connectivity index (χ3v) is 7.17. The smallest absolute Gasteiger partial charge is 0.321 e. The van der Waals surface area contributed by atoms with E-state index in [4.69, 9.17) is 4.78 Å². The minimum Gasteiger partial charge on any atom is -0.370 e. The van der Waals surface area contributed by atoms with E-state index in [1.807, 2.05) is 20.8 Å². The van der Waals surface area contributed by atoms with Crippen LogP contribution in [0, 0.1) is 11.7 Å². The summed E-state index contributed by atoms with van der Waals surface area (Å²) in [6, 6.07) is 4.91. The van der Waals surface area contributed by atoms with Gasteiger partial charge in [0.25, 0.3) is 0 Å². The van der Waals surface area contributed by atoms with E-state index in [-0.39, 0.29) is 11.8 Å². The number of likely N-dealkylation sites (tertiary alicyclic amines) is 1. The van der Waals surface area contributed by atoms with Gasteiger partial charge in [-0.25, -0.2) is 18.8 Å². The van der Waals surface area contributed by atoms with Crippen LogP contribution in [0.25, 0.3) is 0 Å². The number of carbonyl (C=O) groups excluding carboxylic acids is 1. The molecule has 1 atom stereocenters. The van der Waals surface area contributed by atoms with E-state index in [2.05, 4.69) is 25.9 Å². The number of aromatic nitrogens is 2. The van der Waals surface area contributed by atoms with Crippen molar-refractivity contribution in [3.8, 4) is 0 Å². The molecular weight excluding hydrogens is 426 g/mol. The monoisotopic (exact) mass is 459 g/mol. The first-order valence-electron chi connectivity index (χ1n) is 11.2. The lowest BCUT2D eigenvalue weighted by atomic mass is 10.2. The van der Waals surface area contributed by atoms with Crippen LogP contribution >= 0.6 is 0 Å². The van der Waals surface area contributed by atoms with E-state index < -0.39 is 9.73 Å². The topological polar surface area (TPSA) is 123 Å². The second kappa shape index (κ2) is 10.6. The maximum atomic E-state index is 13.1. The van der Waals surface area contributed by atoms with Gasteiger partial charge in [-0.3, -0.25) is 0 Å². The Balaban J connectivity index is 0.00000141. The third-order valence-electron chi connectivity index (χ3n) is 5.31. The normalized spacial score (nSPS) is 20.3. The predicted octanol–water partition coefficient (Wildman–Crippen LogP) is 4.79. The summed E-state index contributed by atoms with van der Waals surface area (Å²) in [6.07, 6.45) is 5.18. The van der Waals surface area contributed by atoms with Crippen molar-refractivity contribution < 1.29 is 9.00 Å². The van der Waals surface area contributed by atoms with Gasteiger partial charge in [0, 0.05) is 48.5 Å². The van der Waals surface area contributed by atoms with E-state index in [1.165, 1.54) is 0 Å². The van der Waals surface area contributed by atoms with Crippen LogP contribution in [0.3, 0.4) is 0 Å². The molecule has 1 aromatic carbocycles. The first-order valence-corrected chi connectivity index (χ1v) is 13.0. The summed E-state index contributed by atoms with van der Waals surface area (Å²) in [5, 5.41) is 9.32. The lowest BCUT2D eigenvalue weighted by molar-refractivity contribution is 0.222. The molecule has 0 saturated carbocycles. The highest BCUT2D eigenvalue weighted by Gasteiger charge is 2.20. The molecule has 3 heterocycles. The Kier molecular flexibility index (Phi) is 7.89. The van der Waals surface area contributed by atoms with Crippen molar-refractivity contribution in [2.24, 2.45) is 0 Å². The fraction of sp³-hybridized carbons (Fsp3) is 0.500. The minimum absolute atomic E-state index is 0.178. The molecule has 2 aliphatic heterocycles. The number of rotatable bonds is 1. The zero-order valence-corrected chi connectivity index (χ0v) is 19.8.